The van der Waals surface area contributed by atoms with Gasteiger partial charge in [0.15, 0.2) is 0 Å². The molecule has 1 aromatic carbocycles. The van der Waals surface area contributed by atoms with Crippen LogP contribution in [0.25, 0.3) is 0 Å². The summed E-state index contributed by atoms with van der Waals surface area (Å²) in [5.74, 6) is 0.174. The highest BCUT2D eigenvalue weighted by atomic mass is 16.3. The summed E-state index contributed by atoms with van der Waals surface area (Å²) in [6.07, 6.45) is 1.40. The SMILES string of the molecule is CCC(C)N(C)C(=O)[C@@H](N)Cc1ccc(O)cc1. The summed E-state index contributed by atoms with van der Waals surface area (Å²) in [6.45, 7) is 4.05. The molecule has 4 nitrogen and oxygen atoms in total. The van der Waals surface area contributed by atoms with Crippen molar-refractivity contribution in [3.63, 3.8) is 0 Å². The first kappa shape index (κ1) is 14.5. The van der Waals surface area contributed by atoms with E-state index in [-0.39, 0.29) is 17.7 Å². The van der Waals surface area contributed by atoms with Crippen molar-refractivity contribution in [1.29, 1.82) is 0 Å². The van der Waals surface area contributed by atoms with Gasteiger partial charge in [0, 0.05) is 13.1 Å². The number of phenolic OH excluding ortho intramolecular Hbond substituents is 1. The minimum absolute atomic E-state index is 0.0441. The average molecular weight is 250 g/mol. The van der Waals surface area contributed by atoms with Gasteiger partial charge in [-0.3, -0.25) is 4.79 Å². The van der Waals surface area contributed by atoms with E-state index in [4.69, 9.17) is 5.73 Å². The molecule has 1 rings (SSSR count). The van der Waals surface area contributed by atoms with Crippen molar-refractivity contribution < 1.29 is 9.90 Å². The van der Waals surface area contributed by atoms with Crippen LogP contribution in [0.5, 0.6) is 5.75 Å². The lowest BCUT2D eigenvalue weighted by molar-refractivity contribution is -0.133. The third-order valence-corrected chi connectivity index (χ3v) is 3.31. The smallest absolute Gasteiger partial charge is 0.239 e. The topological polar surface area (TPSA) is 66.6 Å². The number of aromatic hydroxyl groups is 1. The van der Waals surface area contributed by atoms with E-state index in [2.05, 4.69) is 0 Å². The molecule has 0 saturated heterocycles. The maximum absolute atomic E-state index is 12.1. The van der Waals surface area contributed by atoms with Crippen molar-refractivity contribution in [2.24, 2.45) is 5.73 Å². The van der Waals surface area contributed by atoms with Gasteiger partial charge in [-0.05, 0) is 37.5 Å². The predicted octanol–water partition coefficient (Wildman–Crippen LogP) is 1.52. The lowest BCUT2D eigenvalue weighted by Crippen LogP contribution is -2.46. The highest BCUT2D eigenvalue weighted by Crippen LogP contribution is 2.12. The molecule has 2 atom stereocenters. The molecule has 0 aromatic heterocycles. The molecule has 0 spiro atoms. The van der Waals surface area contributed by atoms with Crippen LogP contribution in [-0.2, 0) is 11.2 Å². The zero-order valence-electron chi connectivity index (χ0n) is 11.3. The van der Waals surface area contributed by atoms with Crippen LogP contribution in [-0.4, -0.2) is 35.0 Å². The molecule has 0 aliphatic carbocycles. The van der Waals surface area contributed by atoms with Crippen LogP contribution in [0.3, 0.4) is 0 Å². The largest absolute Gasteiger partial charge is 0.508 e. The van der Waals surface area contributed by atoms with Crippen molar-refractivity contribution in [2.45, 2.75) is 38.8 Å². The molecular formula is C14H22N2O2. The minimum atomic E-state index is -0.534. The fourth-order valence-corrected chi connectivity index (χ4v) is 1.73. The fraction of sp³-hybridized carbons (Fsp3) is 0.500. The highest BCUT2D eigenvalue weighted by Gasteiger charge is 2.21. The van der Waals surface area contributed by atoms with Crippen LogP contribution in [0.1, 0.15) is 25.8 Å². The molecule has 0 bridgehead atoms. The Kier molecular flexibility index (Phi) is 5.16. The zero-order valence-corrected chi connectivity index (χ0v) is 11.3. The molecule has 3 N–H and O–H groups in total. The number of amides is 1. The highest BCUT2D eigenvalue weighted by molar-refractivity contribution is 5.82. The number of carbonyl (C=O) groups is 1. The molecule has 0 heterocycles. The van der Waals surface area contributed by atoms with Gasteiger partial charge < -0.3 is 15.7 Å². The van der Waals surface area contributed by atoms with Crippen LogP contribution in [0.2, 0.25) is 0 Å². The van der Waals surface area contributed by atoms with Crippen molar-refractivity contribution >= 4 is 5.91 Å². The van der Waals surface area contributed by atoms with E-state index < -0.39 is 6.04 Å². The van der Waals surface area contributed by atoms with Crippen molar-refractivity contribution in [2.75, 3.05) is 7.05 Å². The van der Waals surface area contributed by atoms with Gasteiger partial charge in [-0.15, -0.1) is 0 Å². The maximum Gasteiger partial charge on any atom is 0.239 e. The molecule has 100 valence electrons. The monoisotopic (exact) mass is 250 g/mol. The Balaban J connectivity index is 2.62. The summed E-state index contributed by atoms with van der Waals surface area (Å²) in [5, 5.41) is 9.19. The Morgan fingerprint density at radius 3 is 2.44 bits per heavy atom. The Morgan fingerprint density at radius 1 is 1.39 bits per heavy atom. The predicted molar refractivity (Wildman–Crippen MR) is 72.3 cm³/mol. The quantitative estimate of drug-likeness (QED) is 0.832. The van der Waals surface area contributed by atoms with E-state index in [1.54, 1.807) is 36.2 Å². The Hall–Kier alpha value is -1.55. The average Bonchev–Trinajstić information content (AvgIpc) is 2.38. The summed E-state index contributed by atoms with van der Waals surface area (Å²) >= 11 is 0. The summed E-state index contributed by atoms with van der Waals surface area (Å²) in [6, 6.07) is 6.43. The zero-order chi connectivity index (χ0) is 13.7. The third-order valence-electron chi connectivity index (χ3n) is 3.31. The van der Waals surface area contributed by atoms with Crippen LogP contribution in [0, 0.1) is 0 Å². The third kappa shape index (κ3) is 3.74. The molecule has 0 radical (unpaired) electrons. The van der Waals surface area contributed by atoms with Gasteiger partial charge in [0.25, 0.3) is 0 Å². The fourth-order valence-electron chi connectivity index (χ4n) is 1.73. The second kappa shape index (κ2) is 6.40. The van der Waals surface area contributed by atoms with Crippen LogP contribution >= 0.6 is 0 Å². The molecule has 0 aliphatic rings. The van der Waals surface area contributed by atoms with Crippen LogP contribution < -0.4 is 5.73 Å². The Labute approximate surface area is 108 Å². The first-order valence-electron chi connectivity index (χ1n) is 6.25. The second-order valence-corrected chi connectivity index (χ2v) is 4.68. The number of hydrogen-bond acceptors (Lipinski definition) is 3. The first-order valence-corrected chi connectivity index (χ1v) is 6.25. The summed E-state index contributed by atoms with van der Waals surface area (Å²) in [5.41, 5.74) is 6.88. The number of likely N-dealkylation sites (N-methyl/N-ethyl adjacent to an activating group) is 1. The van der Waals surface area contributed by atoms with E-state index in [1.807, 2.05) is 13.8 Å². The van der Waals surface area contributed by atoms with Gasteiger partial charge in [0.1, 0.15) is 5.75 Å². The van der Waals surface area contributed by atoms with E-state index in [0.29, 0.717) is 6.42 Å². The van der Waals surface area contributed by atoms with Gasteiger partial charge >= 0.3 is 0 Å². The van der Waals surface area contributed by atoms with E-state index >= 15 is 0 Å². The molecule has 0 aliphatic heterocycles. The first-order chi connectivity index (χ1) is 8.45. The van der Waals surface area contributed by atoms with Gasteiger partial charge in [-0.25, -0.2) is 0 Å². The number of nitrogens with zero attached hydrogens (tertiary/aromatic N) is 1. The molecule has 4 heteroatoms. The van der Waals surface area contributed by atoms with Crippen LogP contribution in [0.4, 0.5) is 0 Å². The van der Waals surface area contributed by atoms with Gasteiger partial charge in [0.05, 0.1) is 6.04 Å². The van der Waals surface area contributed by atoms with E-state index in [9.17, 15) is 9.90 Å². The molecule has 1 aromatic rings. The molecule has 0 saturated carbocycles. The minimum Gasteiger partial charge on any atom is -0.508 e. The Bertz CT molecular complexity index is 389. The second-order valence-electron chi connectivity index (χ2n) is 4.68. The Morgan fingerprint density at radius 2 is 1.94 bits per heavy atom. The summed E-state index contributed by atoms with van der Waals surface area (Å²) < 4.78 is 0. The number of benzene rings is 1. The molecule has 1 unspecified atom stereocenters. The standard InChI is InChI=1S/C14H22N2O2/c1-4-10(2)16(3)14(18)13(15)9-11-5-7-12(17)8-6-11/h5-8,10,13,17H,4,9,15H2,1-3H3/t10?,13-/m0/s1. The number of phenols is 1. The van der Waals surface area contributed by atoms with E-state index in [0.717, 1.165) is 12.0 Å². The maximum atomic E-state index is 12.1. The van der Waals surface area contributed by atoms with E-state index in [1.165, 1.54) is 0 Å². The van der Waals surface area contributed by atoms with Crippen molar-refractivity contribution in [1.82, 2.24) is 4.90 Å². The van der Waals surface area contributed by atoms with Crippen molar-refractivity contribution in [3.8, 4) is 5.75 Å². The molecular weight excluding hydrogens is 228 g/mol. The lowest BCUT2D eigenvalue weighted by atomic mass is 10.0. The van der Waals surface area contributed by atoms with Gasteiger partial charge in [-0.1, -0.05) is 19.1 Å². The number of rotatable bonds is 5. The number of hydrogen-bond donors (Lipinski definition) is 2. The number of carbonyl (C=O) groups excluding carboxylic acids is 1. The summed E-state index contributed by atoms with van der Waals surface area (Å²) in [4.78, 5) is 13.8. The number of nitrogens with two attached hydrogens (primary N) is 1. The molecule has 18 heavy (non-hydrogen) atoms. The molecule has 0 fully saturated rings. The lowest BCUT2D eigenvalue weighted by Gasteiger charge is -2.26. The normalized spacial score (nSPS) is 14.0. The molecule has 1 amide bonds. The van der Waals surface area contributed by atoms with Gasteiger partial charge in [-0.2, -0.15) is 0 Å². The summed E-state index contributed by atoms with van der Waals surface area (Å²) in [7, 11) is 1.78. The van der Waals surface area contributed by atoms with Crippen LogP contribution in [0.15, 0.2) is 24.3 Å². The van der Waals surface area contributed by atoms with Gasteiger partial charge in [0.2, 0.25) is 5.91 Å². The van der Waals surface area contributed by atoms with Crippen molar-refractivity contribution in [3.05, 3.63) is 29.8 Å².